The van der Waals surface area contributed by atoms with Crippen LogP contribution in [0.1, 0.15) is 34.6 Å². The molecular weight excluding hydrogens is 460 g/mol. The van der Waals surface area contributed by atoms with Gasteiger partial charge in [-0.3, -0.25) is 0 Å². The summed E-state index contributed by atoms with van der Waals surface area (Å²) in [6.07, 6.45) is -1.42. The lowest BCUT2D eigenvalue weighted by Crippen LogP contribution is -2.69. The number of methoxy groups -OCH3 is 1. The average Bonchev–Trinajstić information content (AvgIpc) is 3.27. The fraction of sp³-hybridized carbons (Fsp3) is 0.500. The lowest BCUT2D eigenvalue weighted by molar-refractivity contribution is -0.262. The molecule has 2 saturated heterocycles. The lowest BCUT2D eigenvalue weighted by atomic mass is 9.89. The molecule has 35 heavy (non-hydrogen) atoms. The Morgan fingerprint density at radius 2 is 1.54 bits per heavy atom. The third kappa shape index (κ3) is 4.44. The Bertz CT molecular complexity index is 966. The van der Waals surface area contributed by atoms with Gasteiger partial charge in [0.25, 0.3) is 8.32 Å². The summed E-state index contributed by atoms with van der Waals surface area (Å²) in [5.41, 5.74) is -1.25. The molecule has 5 atom stereocenters. The summed E-state index contributed by atoms with van der Waals surface area (Å²) in [6, 6.07) is 20.7. The highest BCUT2D eigenvalue weighted by molar-refractivity contribution is 6.99. The maximum Gasteiger partial charge on any atom is 0.261 e. The zero-order valence-corrected chi connectivity index (χ0v) is 22.6. The molecule has 2 aliphatic rings. The van der Waals surface area contributed by atoms with Crippen molar-refractivity contribution in [1.29, 1.82) is 0 Å². The van der Waals surface area contributed by atoms with Crippen molar-refractivity contribution in [1.82, 2.24) is 0 Å². The number of benzene rings is 2. The molecular formula is C28H38O6Si. The van der Waals surface area contributed by atoms with Crippen LogP contribution >= 0.6 is 0 Å². The van der Waals surface area contributed by atoms with Gasteiger partial charge in [0.15, 0.2) is 17.7 Å². The van der Waals surface area contributed by atoms with E-state index in [1.54, 1.807) is 7.11 Å². The third-order valence-corrected chi connectivity index (χ3v) is 12.1. The van der Waals surface area contributed by atoms with Crippen molar-refractivity contribution >= 4 is 18.7 Å². The molecule has 0 saturated carbocycles. The van der Waals surface area contributed by atoms with Crippen LogP contribution in [0.4, 0.5) is 0 Å². The Morgan fingerprint density at radius 3 is 2.00 bits per heavy atom. The van der Waals surface area contributed by atoms with E-state index in [2.05, 4.69) is 51.6 Å². The van der Waals surface area contributed by atoms with Crippen LogP contribution in [0.5, 0.6) is 0 Å². The summed E-state index contributed by atoms with van der Waals surface area (Å²) in [4.78, 5) is 0. The van der Waals surface area contributed by atoms with Gasteiger partial charge in [-0.1, -0.05) is 87.5 Å². The van der Waals surface area contributed by atoms with Crippen LogP contribution < -0.4 is 10.4 Å². The molecule has 2 aromatic carbocycles. The second-order valence-electron chi connectivity index (χ2n) is 10.8. The van der Waals surface area contributed by atoms with Gasteiger partial charge in [0.05, 0.1) is 6.61 Å². The first-order valence-electron chi connectivity index (χ1n) is 12.1. The van der Waals surface area contributed by atoms with Crippen LogP contribution in [-0.2, 0) is 23.4 Å². The highest BCUT2D eigenvalue weighted by Gasteiger charge is 2.65. The summed E-state index contributed by atoms with van der Waals surface area (Å²) in [5, 5.41) is 13.3. The Kier molecular flexibility index (Phi) is 7.16. The quantitative estimate of drug-likeness (QED) is 0.445. The molecule has 7 heteroatoms. The summed E-state index contributed by atoms with van der Waals surface area (Å²) in [6.45, 7) is 14.2. The zero-order valence-electron chi connectivity index (χ0n) is 21.6. The standard InChI is InChI=1S/C28H38O6Si/c1-8-22(29)28(24(30-7)23-25(34-28)33-27(5,6)32-23)19-31-35(26(2,3)4,20-15-11-9-12-16-20)21-17-13-10-14-18-21/h8-18,22-25,29H,1,19H2,2-7H3/t22?,23-,24+,25+,28+/m1/s1. The molecule has 0 radical (unpaired) electrons. The van der Waals surface area contributed by atoms with Gasteiger partial charge in [0.1, 0.15) is 18.3 Å². The van der Waals surface area contributed by atoms with Crippen LogP contribution in [-0.4, -0.2) is 63.1 Å². The van der Waals surface area contributed by atoms with E-state index in [9.17, 15) is 5.11 Å². The summed E-state index contributed by atoms with van der Waals surface area (Å²) < 4.78 is 31.6. The molecule has 2 heterocycles. The SMILES string of the molecule is C=CC(O)[C@]1(CO[Si](c2ccccc2)(c2ccccc2)C(C)(C)C)O[C@@H]2OC(C)(C)O[C@@H]2[C@@H]1OC. The Hall–Kier alpha value is -1.84. The second-order valence-corrected chi connectivity index (χ2v) is 15.1. The fourth-order valence-electron chi connectivity index (χ4n) is 5.57. The predicted molar refractivity (Wildman–Crippen MR) is 138 cm³/mol. The summed E-state index contributed by atoms with van der Waals surface area (Å²) in [7, 11) is -1.30. The zero-order chi connectivity index (χ0) is 25.5. The van der Waals surface area contributed by atoms with Gasteiger partial charge in [-0.2, -0.15) is 0 Å². The first-order chi connectivity index (χ1) is 16.5. The number of hydrogen-bond acceptors (Lipinski definition) is 6. The maximum absolute atomic E-state index is 11.2. The molecule has 1 unspecified atom stereocenters. The van der Waals surface area contributed by atoms with E-state index in [0.29, 0.717) is 0 Å². The molecule has 2 aliphatic heterocycles. The van der Waals surface area contributed by atoms with Crippen molar-refractivity contribution in [2.24, 2.45) is 0 Å². The van der Waals surface area contributed by atoms with E-state index in [-0.39, 0.29) is 11.6 Å². The van der Waals surface area contributed by atoms with E-state index in [0.717, 1.165) is 10.4 Å². The van der Waals surface area contributed by atoms with Gasteiger partial charge in [-0.25, -0.2) is 0 Å². The Balaban J connectivity index is 1.80. The first kappa shape index (κ1) is 26.2. The Labute approximate surface area is 209 Å². The van der Waals surface area contributed by atoms with Crippen LogP contribution in [0.2, 0.25) is 5.04 Å². The van der Waals surface area contributed by atoms with Crippen molar-refractivity contribution in [2.45, 2.75) is 75.6 Å². The highest BCUT2D eigenvalue weighted by Crippen LogP contribution is 2.46. The largest absolute Gasteiger partial charge is 0.404 e. The van der Waals surface area contributed by atoms with Gasteiger partial charge >= 0.3 is 0 Å². The normalized spacial score (nSPS) is 29.1. The van der Waals surface area contributed by atoms with Gasteiger partial charge < -0.3 is 28.5 Å². The topological polar surface area (TPSA) is 66.4 Å². The van der Waals surface area contributed by atoms with Crippen LogP contribution in [0.15, 0.2) is 73.3 Å². The summed E-state index contributed by atoms with van der Waals surface area (Å²) in [5.74, 6) is -0.809. The molecule has 2 aromatic rings. The average molecular weight is 499 g/mol. The molecule has 4 rings (SSSR count). The van der Waals surface area contributed by atoms with E-state index in [1.807, 2.05) is 50.2 Å². The monoisotopic (exact) mass is 498 g/mol. The van der Waals surface area contributed by atoms with Crippen molar-refractivity contribution in [3.05, 3.63) is 73.3 Å². The minimum atomic E-state index is -2.89. The third-order valence-electron chi connectivity index (χ3n) is 7.11. The van der Waals surface area contributed by atoms with E-state index >= 15 is 0 Å². The van der Waals surface area contributed by atoms with Crippen LogP contribution in [0, 0.1) is 0 Å². The van der Waals surface area contributed by atoms with Crippen LogP contribution in [0.3, 0.4) is 0 Å². The number of ether oxygens (including phenoxy) is 4. The van der Waals surface area contributed by atoms with Crippen molar-refractivity contribution < 1.29 is 28.5 Å². The number of fused-ring (bicyclic) bond motifs is 1. The van der Waals surface area contributed by atoms with Gasteiger partial charge in [-0.05, 0) is 29.3 Å². The number of aliphatic hydroxyl groups excluding tert-OH is 1. The minimum Gasteiger partial charge on any atom is -0.404 e. The number of hydrogen-bond donors (Lipinski definition) is 1. The van der Waals surface area contributed by atoms with Gasteiger partial charge in [-0.15, -0.1) is 6.58 Å². The van der Waals surface area contributed by atoms with Crippen molar-refractivity contribution in [3.63, 3.8) is 0 Å². The molecule has 0 amide bonds. The number of rotatable bonds is 8. The second kappa shape index (κ2) is 9.56. The molecule has 190 valence electrons. The van der Waals surface area contributed by atoms with Gasteiger partial charge in [0.2, 0.25) is 0 Å². The predicted octanol–water partition coefficient (Wildman–Crippen LogP) is 3.37. The maximum atomic E-state index is 11.2. The number of aliphatic hydroxyl groups is 1. The molecule has 2 fully saturated rings. The molecule has 6 nitrogen and oxygen atoms in total. The molecule has 1 N–H and O–H groups in total. The molecule has 0 aliphatic carbocycles. The Morgan fingerprint density at radius 1 is 1.00 bits per heavy atom. The molecule has 0 aromatic heterocycles. The molecule has 0 bridgehead atoms. The molecule has 0 spiro atoms. The van der Waals surface area contributed by atoms with Crippen molar-refractivity contribution in [2.75, 3.05) is 13.7 Å². The fourth-order valence-corrected chi connectivity index (χ4v) is 10.2. The van der Waals surface area contributed by atoms with Crippen molar-refractivity contribution in [3.8, 4) is 0 Å². The minimum absolute atomic E-state index is 0.0755. The van der Waals surface area contributed by atoms with E-state index < -0.39 is 44.3 Å². The summed E-state index contributed by atoms with van der Waals surface area (Å²) >= 11 is 0. The van der Waals surface area contributed by atoms with Crippen LogP contribution in [0.25, 0.3) is 0 Å². The smallest absolute Gasteiger partial charge is 0.261 e. The lowest BCUT2D eigenvalue weighted by Gasteiger charge is -2.46. The van der Waals surface area contributed by atoms with E-state index in [4.69, 9.17) is 23.4 Å². The van der Waals surface area contributed by atoms with Gasteiger partial charge in [0, 0.05) is 7.11 Å². The van der Waals surface area contributed by atoms with E-state index in [1.165, 1.54) is 6.08 Å². The first-order valence-corrected chi connectivity index (χ1v) is 14.0. The highest BCUT2D eigenvalue weighted by atomic mass is 28.4.